The lowest BCUT2D eigenvalue weighted by atomic mass is 10.2. The predicted octanol–water partition coefficient (Wildman–Crippen LogP) is 0.799. The molecule has 0 unspecified atom stereocenters. The van der Waals surface area contributed by atoms with Crippen molar-refractivity contribution in [1.29, 1.82) is 5.26 Å². The maximum absolute atomic E-state index is 11.0. The molecule has 1 saturated carbocycles. The lowest BCUT2D eigenvalue weighted by Gasteiger charge is -2.25. The van der Waals surface area contributed by atoms with Gasteiger partial charge in [-0.25, -0.2) is 8.42 Å². The first-order valence-electron chi connectivity index (χ1n) is 5.31. The Morgan fingerprint density at radius 3 is 2.47 bits per heavy atom. The van der Waals surface area contributed by atoms with E-state index in [4.69, 9.17) is 5.26 Å². The van der Waals surface area contributed by atoms with E-state index in [1.54, 1.807) is 0 Å². The summed E-state index contributed by atoms with van der Waals surface area (Å²) in [7, 11) is -2.92. The van der Waals surface area contributed by atoms with Gasteiger partial charge in [-0.2, -0.15) is 5.26 Å². The van der Waals surface area contributed by atoms with Crippen molar-refractivity contribution in [3.63, 3.8) is 0 Å². The first-order chi connectivity index (χ1) is 7.03. The van der Waals surface area contributed by atoms with Crippen molar-refractivity contribution in [3.05, 3.63) is 0 Å². The minimum atomic E-state index is -2.92. The fourth-order valence-corrected chi connectivity index (χ4v) is 2.60. The third-order valence-corrected chi connectivity index (χ3v) is 3.79. The minimum Gasteiger partial charge on any atom is -0.287 e. The van der Waals surface area contributed by atoms with Crippen LogP contribution in [0.3, 0.4) is 0 Å². The molecule has 0 atom stereocenters. The smallest absolute Gasteiger partial charge is 0.148 e. The average molecular weight is 230 g/mol. The van der Waals surface area contributed by atoms with Crippen molar-refractivity contribution in [2.45, 2.75) is 31.7 Å². The summed E-state index contributed by atoms with van der Waals surface area (Å²) in [6.07, 6.45) is 5.85. The second kappa shape index (κ2) is 5.47. The number of hydrogen-bond acceptors (Lipinski definition) is 4. The minimum absolute atomic E-state index is 0.158. The Morgan fingerprint density at radius 1 is 1.40 bits per heavy atom. The number of hydrogen-bond donors (Lipinski definition) is 0. The summed E-state index contributed by atoms with van der Waals surface area (Å²) in [5, 5.41) is 8.69. The van der Waals surface area contributed by atoms with Crippen molar-refractivity contribution in [1.82, 2.24) is 4.90 Å². The van der Waals surface area contributed by atoms with Crippen LogP contribution in [0.2, 0.25) is 0 Å². The van der Waals surface area contributed by atoms with E-state index in [9.17, 15) is 8.42 Å². The van der Waals surface area contributed by atoms with Crippen LogP contribution in [-0.4, -0.2) is 44.5 Å². The molecule has 1 aliphatic rings. The molecule has 0 amide bonds. The van der Waals surface area contributed by atoms with E-state index < -0.39 is 9.84 Å². The van der Waals surface area contributed by atoms with Crippen LogP contribution in [0.4, 0.5) is 0 Å². The van der Waals surface area contributed by atoms with Crippen LogP contribution in [0, 0.1) is 11.3 Å². The number of sulfone groups is 1. The Bertz CT molecular complexity index is 326. The van der Waals surface area contributed by atoms with Gasteiger partial charge in [0.05, 0.1) is 18.4 Å². The second-order valence-corrected chi connectivity index (χ2v) is 6.46. The Hall–Kier alpha value is -0.600. The summed E-state index contributed by atoms with van der Waals surface area (Å²) < 4.78 is 22.1. The molecule has 0 aromatic carbocycles. The molecule has 0 aromatic rings. The summed E-state index contributed by atoms with van der Waals surface area (Å²) in [5.74, 6) is 0.158. The molecule has 0 aliphatic heterocycles. The van der Waals surface area contributed by atoms with Gasteiger partial charge in [-0.05, 0) is 12.8 Å². The van der Waals surface area contributed by atoms with Crippen LogP contribution in [0.15, 0.2) is 0 Å². The normalized spacial score (nSPS) is 18.2. The molecule has 0 bridgehead atoms. The molecule has 1 fully saturated rings. The first-order valence-corrected chi connectivity index (χ1v) is 7.38. The predicted molar refractivity (Wildman–Crippen MR) is 59.2 cm³/mol. The Morgan fingerprint density at radius 2 is 2.00 bits per heavy atom. The highest BCUT2D eigenvalue weighted by molar-refractivity contribution is 7.90. The maximum Gasteiger partial charge on any atom is 0.148 e. The molecule has 0 N–H and O–H groups in total. The fourth-order valence-electron chi connectivity index (χ4n) is 2.03. The quantitative estimate of drug-likeness (QED) is 0.655. The third-order valence-electron chi connectivity index (χ3n) is 2.86. The van der Waals surface area contributed by atoms with Crippen molar-refractivity contribution >= 4 is 9.84 Å². The van der Waals surface area contributed by atoms with Crippen molar-refractivity contribution in [3.8, 4) is 6.07 Å². The lowest BCUT2D eigenvalue weighted by Crippen LogP contribution is -2.37. The topological polar surface area (TPSA) is 61.2 Å². The molecule has 0 radical (unpaired) electrons. The van der Waals surface area contributed by atoms with E-state index >= 15 is 0 Å². The van der Waals surface area contributed by atoms with Gasteiger partial charge in [-0.1, -0.05) is 12.8 Å². The summed E-state index contributed by atoms with van der Waals surface area (Å²) in [5.41, 5.74) is 0. The van der Waals surface area contributed by atoms with Crippen LogP contribution < -0.4 is 0 Å². The Kier molecular flexibility index (Phi) is 4.55. The van der Waals surface area contributed by atoms with E-state index in [0.29, 0.717) is 19.1 Å². The molecule has 15 heavy (non-hydrogen) atoms. The van der Waals surface area contributed by atoms with Gasteiger partial charge in [-0.15, -0.1) is 0 Å². The van der Waals surface area contributed by atoms with E-state index in [0.717, 1.165) is 12.8 Å². The SMILES string of the molecule is CS(=O)(=O)CCN(CC#N)C1CCCC1. The average Bonchev–Trinajstić information content (AvgIpc) is 2.63. The fraction of sp³-hybridized carbons (Fsp3) is 0.900. The number of rotatable bonds is 5. The van der Waals surface area contributed by atoms with E-state index in [1.165, 1.54) is 19.1 Å². The largest absolute Gasteiger partial charge is 0.287 e. The molecule has 5 heteroatoms. The Labute approximate surface area is 91.8 Å². The van der Waals surface area contributed by atoms with Gasteiger partial charge in [0, 0.05) is 18.8 Å². The monoisotopic (exact) mass is 230 g/mol. The van der Waals surface area contributed by atoms with Gasteiger partial charge in [0.1, 0.15) is 9.84 Å². The summed E-state index contributed by atoms with van der Waals surface area (Å²) in [4.78, 5) is 2.01. The van der Waals surface area contributed by atoms with Gasteiger partial charge in [0.15, 0.2) is 0 Å². The first kappa shape index (κ1) is 12.5. The van der Waals surface area contributed by atoms with E-state index in [-0.39, 0.29) is 5.75 Å². The van der Waals surface area contributed by atoms with Crippen LogP contribution >= 0.6 is 0 Å². The molecule has 0 aromatic heterocycles. The van der Waals surface area contributed by atoms with Crippen LogP contribution in [0.1, 0.15) is 25.7 Å². The Balaban J connectivity index is 2.47. The van der Waals surface area contributed by atoms with Gasteiger partial charge < -0.3 is 0 Å². The van der Waals surface area contributed by atoms with Crippen molar-refractivity contribution < 1.29 is 8.42 Å². The van der Waals surface area contributed by atoms with Gasteiger partial charge in [0.2, 0.25) is 0 Å². The molecule has 0 spiro atoms. The third kappa shape index (κ3) is 4.63. The molecule has 0 saturated heterocycles. The summed E-state index contributed by atoms with van der Waals surface area (Å²) in [6.45, 7) is 0.844. The van der Waals surface area contributed by atoms with Gasteiger partial charge >= 0.3 is 0 Å². The van der Waals surface area contributed by atoms with Crippen LogP contribution in [0.5, 0.6) is 0 Å². The van der Waals surface area contributed by atoms with Gasteiger partial charge in [0.25, 0.3) is 0 Å². The molecular weight excluding hydrogens is 212 g/mol. The maximum atomic E-state index is 11.0. The summed E-state index contributed by atoms with van der Waals surface area (Å²) in [6, 6.07) is 2.53. The second-order valence-electron chi connectivity index (χ2n) is 4.20. The standard InChI is InChI=1S/C10H18N2O2S/c1-15(13,14)9-8-12(7-6-11)10-4-2-3-5-10/h10H,2-5,7-9H2,1H3. The highest BCUT2D eigenvalue weighted by Crippen LogP contribution is 2.22. The zero-order chi connectivity index (χ0) is 11.3. The molecule has 86 valence electrons. The molecular formula is C10H18N2O2S. The highest BCUT2D eigenvalue weighted by atomic mass is 32.2. The number of nitriles is 1. The lowest BCUT2D eigenvalue weighted by molar-refractivity contribution is 0.235. The highest BCUT2D eigenvalue weighted by Gasteiger charge is 2.22. The van der Waals surface area contributed by atoms with Crippen molar-refractivity contribution in [2.24, 2.45) is 0 Å². The molecule has 1 rings (SSSR count). The van der Waals surface area contributed by atoms with Gasteiger partial charge in [-0.3, -0.25) is 4.90 Å². The zero-order valence-corrected chi connectivity index (χ0v) is 9.96. The zero-order valence-electron chi connectivity index (χ0n) is 9.15. The molecule has 4 nitrogen and oxygen atoms in total. The molecule has 1 aliphatic carbocycles. The number of nitrogens with zero attached hydrogens (tertiary/aromatic N) is 2. The van der Waals surface area contributed by atoms with Crippen LogP contribution in [0.25, 0.3) is 0 Å². The van der Waals surface area contributed by atoms with Crippen LogP contribution in [-0.2, 0) is 9.84 Å². The van der Waals surface area contributed by atoms with E-state index in [1.807, 2.05) is 4.90 Å². The van der Waals surface area contributed by atoms with E-state index in [2.05, 4.69) is 6.07 Å². The van der Waals surface area contributed by atoms with Crippen molar-refractivity contribution in [2.75, 3.05) is 25.1 Å². The molecule has 0 heterocycles. The summed E-state index contributed by atoms with van der Waals surface area (Å²) >= 11 is 0.